The van der Waals surface area contributed by atoms with Gasteiger partial charge in [-0.15, -0.1) is 0 Å². The van der Waals surface area contributed by atoms with E-state index in [2.05, 4.69) is 9.84 Å². The summed E-state index contributed by atoms with van der Waals surface area (Å²) in [6.07, 6.45) is 2.40. The molecule has 0 atom stereocenters. The lowest BCUT2D eigenvalue weighted by Crippen LogP contribution is -2.05. The second-order valence-electron chi connectivity index (χ2n) is 6.69. The van der Waals surface area contributed by atoms with E-state index >= 15 is 0 Å². The van der Waals surface area contributed by atoms with Gasteiger partial charge in [-0.3, -0.25) is 14.9 Å². The molecular weight excluding hydrogens is 424 g/mol. The van der Waals surface area contributed by atoms with Crippen molar-refractivity contribution in [3.05, 3.63) is 81.2 Å². The minimum Gasteiger partial charge on any atom is -0.493 e. The fourth-order valence-corrected chi connectivity index (χ4v) is 3.27. The van der Waals surface area contributed by atoms with Crippen LogP contribution in [0.25, 0.3) is 11.8 Å². The molecule has 0 fully saturated rings. The predicted octanol–water partition coefficient (Wildman–Crippen LogP) is 4.90. The highest BCUT2D eigenvalue weighted by Gasteiger charge is 2.22. The highest BCUT2D eigenvalue weighted by molar-refractivity contribution is 6.08. The number of aryl methyl sites for hydroxylation is 1. The Morgan fingerprint density at radius 1 is 1.19 bits per heavy atom. The fraction of sp³-hybridized carbons (Fsp3) is 0.182. The Morgan fingerprint density at radius 3 is 2.47 bits per heavy atom. The van der Waals surface area contributed by atoms with E-state index in [1.165, 1.54) is 19.3 Å². The number of ketones is 1. The third-order valence-corrected chi connectivity index (χ3v) is 4.68. The van der Waals surface area contributed by atoms with Crippen LogP contribution >= 0.6 is 0 Å². The monoisotopic (exact) mass is 443 g/mol. The van der Waals surface area contributed by atoms with Crippen LogP contribution in [0.15, 0.2) is 48.5 Å². The molecule has 0 saturated carbocycles. The van der Waals surface area contributed by atoms with Crippen molar-refractivity contribution in [2.24, 2.45) is 0 Å². The van der Waals surface area contributed by atoms with Crippen molar-refractivity contribution in [2.45, 2.75) is 20.5 Å². The van der Waals surface area contributed by atoms with Gasteiger partial charge in [-0.25, -0.2) is 4.68 Å². The zero-order chi connectivity index (χ0) is 23.4. The molecule has 0 radical (unpaired) electrons. The summed E-state index contributed by atoms with van der Waals surface area (Å²) < 4.78 is 36.1. The molecular formula is C22H19F2N3O5. The lowest BCUT2D eigenvalue weighted by molar-refractivity contribution is -0.385. The summed E-state index contributed by atoms with van der Waals surface area (Å²) in [5.41, 5.74) is 1.72. The quantitative estimate of drug-likeness (QED) is 0.213. The van der Waals surface area contributed by atoms with Crippen molar-refractivity contribution in [1.82, 2.24) is 9.78 Å². The topological polar surface area (TPSA) is 96.5 Å². The number of nitrogens with zero attached hydrogens (tertiary/aromatic N) is 3. The minimum atomic E-state index is -3.18. The molecule has 1 aromatic heterocycles. The summed E-state index contributed by atoms with van der Waals surface area (Å²) >= 11 is 0. The molecule has 0 aliphatic carbocycles. The van der Waals surface area contributed by atoms with Gasteiger partial charge in [-0.1, -0.05) is 18.2 Å². The van der Waals surface area contributed by atoms with E-state index in [1.54, 1.807) is 18.5 Å². The molecule has 0 saturated heterocycles. The molecule has 166 valence electrons. The SMILES string of the molecule is COc1cc(/C=C/C(=O)c2c(C)nn(-c3ccccc3)c2C)c([N+](=O)[O-])cc1OC(F)F. The number of rotatable bonds is 8. The number of hydrogen-bond donors (Lipinski definition) is 0. The molecule has 10 heteroatoms. The molecule has 0 aliphatic heterocycles. The maximum absolute atomic E-state index is 12.9. The number of carbonyl (C=O) groups is 1. The van der Waals surface area contributed by atoms with Crippen LogP contribution in [0.1, 0.15) is 27.3 Å². The summed E-state index contributed by atoms with van der Waals surface area (Å²) in [6.45, 7) is 0.254. The highest BCUT2D eigenvalue weighted by Crippen LogP contribution is 2.36. The molecule has 0 unspecified atom stereocenters. The third-order valence-electron chi connectivity index (χ3n) is 4.68. The van der Waals surface area contributed by atoms with Crippen LogP contribution in [0.2, 0.25) is 0 Å². The maximum Gasteiger partial charge on any atom is 0.387 e. The van der Waals surface area contributed by atoms with Crippen LogP contribution in [0.5, 0.6) is 11.5 Å². The molecule has 0 amide bonds. The first-order chi connectivity index (χ1) is 15.2. The number of carbonyl (C=O) groups excluding carboxylic acids is 1. The molecule has 0 N–H and O–H groups in total. The maximum atomic E-state index is 12.9. The van der Waals surface area contributed by atoms with Gasteiger partial charge in [-0.2, -0.15) is 13.9 Å². The average Bonchev–Trinajstić information content (AvgIpc) is 3.06. The Hall–Kier alpha value is -4.08. The summed E-state index contributed by atoms with van der Waals surface area (Å²) in [7, 11) is 1.21. The van der Waals surface area contributed by atoms with Gasteiger partial charge < -0.3 is 9.47 Å². The summed E-state index contributed by atoms with van der Waals surface area (Å²) in [5.74, 6) is -1.02. The standard InChI is InChI=1S/C22H19F2N3O5/c1-13-21(14(2)26(25-13)16-7-5-4-6-8-16)18(28)10-9-15-11-19(31-3)20(32-22(23)24)12-17(15)27(29)30/h4-12,22H,1-3H3/b10-9+. The van der Waals surface area contributed by atoms with E-state index in [0.29, 0.717) is 17.0 Å². The first-order valence-electron chi connectivity index (χ1n) is 9.38. The highest BCUT2D eigenvalue weighted by atomic mass is 19.3. The number of allylic oxidation sites excluding steroid dienone is 1. The Morgan fingerprint density at radius 2 is 1.88 bits per heavy atom. The smallest absolute Gasteiger partial charge is 0.387 e. The van der Waals surface area contributed by atoms with Gasteiger partial charge in [0.2, 0.25) is 0 Å². The second kappa shape index (κ2) is 9.38. The van der Waals surface area contributed by atoms with E-state index < -0.39 is 28.8 Å². The van der Waals surface area contributed by atoms with Crippen molar-refractivity contribution >= 4 is 17.5 Å². The van der Waals surface area contributed by atoms with Crippen LogP contribution in [-0.2, 0) is 0 Å². The largest absolute Gasteiger partial charge is 0.493 e. The van der Waals surface area contributed by atoms with Gasteiger partial charge in [0.25, 0.3) is 5.69 Å². The number of hydrogen-bond acceptors (Lipinski definition) is 6. The number of alkyl halides is 2. The van der Waals surface area contributed by atoms with Gasteiger partial charge in [0.05, 0.1) is 46.3 Å². The molecule has 1 heterocycles. The minimum absolute atomic E-state index is 0.00688. The summed E-state index contributed by atoms with van der Waals surface area (Å²) in [4.78, 5) is 23.6. The molecule has 3 rings (SSSR count). The Labute approximate surface area is 181 Å². The van der Waals surface area contributed by atoms with Gasteiger partial charge >= 0.3 is 6.61 Å². The lowest BCUT2D eigenvalue weighted by Gasteiger charge is -2.10. The van der Waals surface area contributed by atoms with Crippen molar-refractivity contribution < 1.29 is 28.0 Å². The number of nitro benzene ring substituents is 1. The number of ether oxygens (including phenoxy) is 2. The normalized spacial score (nSPS) is 11.2. The summed E-state index contributed by atoms with van der Waals surface area (Å²) in [5, 5.41) is 15.8. The Kier molecular flexibility index (Phi) is 6.62. The molecule has 2 aromatic carbocycles. The number of halogens is 2. The molecule has 0 spiro atoms. The van der Waals surface area contributed by atoms with Crippen LogP contribution in [0.4, 0.5) is 14.5 Å². The zero-order valence-corrected chi connectivity index (χ0v) is 17.4. The number of para-hydroxylation sites is 1. The molecule has 3 aromatic rings. The van der Waals surface area contributed by atoms with E-state index in [1.807, 2.05) is 30.3 Å². The van der Waals surface area contributed by atoms with Crippen molar-refractivity contribution in [1.29, 1.82) is 0 Å². The van der Waals surface area contributed by atoms with Crippen LogP contribution in [0.3, 0.4) is 0 Å². The second-order valence-corrected chi connectivity index (χ2v) is 6.69. The number of methoxy groups -OCH3 is 1. The van der Waals surface area contributed by atoms with E-state index in [9.17, 15) is 23.7 Å². The van der Waals surface area contributed by atoms with Gasteiger partial charge in [0, 0.05) is 0 Å². The molecule has 32 heavy (non-hydrogen) atoms. The van der Waals surface area contributed by atoms with Crippen molar-refractivity contribution in [2.75, 3.05) is 7.11 Å². The molecule has 0 aliphatic rings. The number of benzene rings is 2. The van der Waals surface area contributed by atoms with E-state index in [-0.39, 0.29) is 11.3 Å². The van der Waals surface area contributed by atoms with E-state index in [0.717, 1.165) is 17.8 Å². The first-order valence-corrected chi connectivity index (χ1v) is 9.38. The fourth-order valence-electron chi connectivity index (χ4n) is 3.27. The Balaban J connectivity index is 1.98. The van der Waals surface area contributed by atoms with Gasteiger partial charge in [-0.05, 0) is 44.2 Å². The van der Waals surface area contributed by atoms with Crippen molar-refractivity contribution in [3.63, 3.8) is 0 Å². The molecule has 0 bridgehead atoms. The third kappa shape index (κ3) is 4.64. The zero-order valence-electron chi connectivity index (χ0n) is 17.4. The Bertz CT molecular complexity index is 1190. The molecule has 8 nitrogen and oxygen atoms in total. The van der Waals surface area contributed by atoms with E-state index in [4.69, 9.17) is 4.74 Å². The number of aromatic nitrogens is 2. The first kappa shape index (κ1) is 22.6. The lowest BCUT2D eigenvalue weighted by atomic mass is 10.1. The van der Waals surface area contributed by atoms with Gasteiger partial charge in [0.15, 0.2) is 17.3 Å². The van der Waals surface area contributed by atoms with Crippen LogP contribution in [-0.4, -0.2) is 34.2 Å². The van der Waals surface area contributed by atoms with Crippen LogP contribution in [0, 0.1) is 24.0 Å². The van der Waals surface area contributed by atoms with Crippen LogP contribution < -0.4 is 9.47 Å². The van der Waals surface area contributed by atoms with Gasteiger partial charge in [0.1, 0.15) is 0 Å². The predicted molar refractivity (Wildman–Crippen MR) is 113 cm³/mol. The van der Waals surface area contributed by atoms with Crippen molar-refractivity contribution in [3.8, 4) is 17.2 Å². The number of nitro groups is 1. The average molecular weight is 443 g/mol. The summed E-state index contributed by atoms with van der Waals surface area (Å²) in [6, 6.07) is 11.3.